The van der Waals surface area contributed by atoms with E-state index < -0.39 is 11.8 Å². The first kappa shape index (κ1) is 13.8. The number of likely N-dealkylation sites (N-methyl/N-ethyl adjacent to an activating group) is 1. The number of hydrogen-bond acceptors (Lipinski definition) is 3. The van der Waals surface area contributed by atoms with Crippen LogP contribution in [-0.4, -0.2) is 37.4 Å². The molecule has 0 spiro atoms. The number of anilines is 1. The molecule has 1 aromatic carbocycles. The van der Waals surface area contributed by atoms with Crippen LogP contribution in [0.4, 0.5) is 10.1 Å². The van der Waals surface area contributed by atoms with Crippen molar-refractivity contribution in [3.63, 3.8) is 0 Å². The van der Waals surface area contributed by atoms with Gasteiger partial charge >= 0.3 is 5.97 Å². The van der Waals surface area contributed by atoms with Gasteiger partial charge < -0.3 is 14.7 Å². The minimum Gasteiger partial charge on any atom is -0.478 e. The van der Waals surface area contributed by atoms with Crippen molar-refractivity contribution in [2.75, 3.05) is 25.1 Å². The fraction of sp³-hybridized carbons (Fsp3) is 0.500. The zero-order valence-electron chi connectivity index (χ0n) is 10.9. The Balaban J connectivity index is 2.16. The van der Waals surface area contributed by atoms with E-state index in [1.807, 2.05) is 0 Å². The van der Waals surface area contributed by atoms with Gasteiger partial charge in [0.1, 0.15) is 11.4 Å². The highest BCUT2D eigenvalue weighted by atomic mass is 19.1. The molecule has 1 atom stereocenters. The summed E-state index contributed by atoms with van der Waals surface area (Å²) in [4.78, 5) is 12.9. The topological polar surface area (TPSA) is 49.8 Å². The van der Waals surface area contributed by atoms with E-state index in [-0.39, 0.29) is 11.7 Å². The van der Waals surface area contributed by atoms with E-state index >= 15 is 0 Å². The lowest BCUT2D eigenvalue weighted by Crippen LogP contribution is -2.34. The van der Waals surface area contributed by atoms with E-state index in [9.17, 15) is 9.18 Å². The van der Waals surface area contributed by atoms with Crippen LogP contribution in [0.5, 0.6) is 0 Å². The lowest BCUT2D eigenvalue weighted by Gasteiger charge is -2.29. The summed E-state index contributed by atoms with van der Waals surface area (Å²) in [5.41, 5.74) is 0.113. The molecule has 1 N–H and O–H groups in total. The van der Waals surface area contributed by atoms with Crippen LogP contribution < -0.4 is 4.90 Å². The number of carboxylic acid groups (broad SMARTS) is 1. The Morgan fingerprint density at radius 2 is 2.32 bits per heavy atom. The van der Waals surface area contributed by atoms with Gasteiger partial charge in [0.2, 0.25) is 0 Å². The molecule has 1 fully saturated rings. The fourth-order valence-electron chi connectivity index (χ4n) is 2.40. The van der Waals surface area contributed by atoms with Crippen LogP contribution in [0.25, 0.3) is 0 Å². The molecule has 0 saturated carbocycles. The van der Waals surface area contributed by atoms with Crippen LogP contribution in [0.15, 0.2) is 18.2 Å². The van der Waals surface area contributed by atoms with E-state index in [1.165, 1.54) is 6.07 Å². The Morgan fingerprint density at radius 3 is 2.95 bits per heavy atom. The molecule has 0 amide bonds. The van der Waals surface area contributed by atoms with Crippen LogP contribution in [0.1, 0.15) is 29.6 Å². The van der Waals surface area contributed by atoms with Gasteiger partial charge in [0, 0.05) is 20.2 Å². The summed E-state index contributed by atoms with van der Waals surface area (Å²) < 4.78 is 19.2. The molecule has 4 nitrogen and oxygen atoms in total. The molecule has 104 valence electrons. The highest BCUT2D eigenvalue weighted by Gasteiger charge is 2.21. The predicted octanol–water partition coefficient (Wildman–Crippen LogP) is 2.53. The lowest BCUT2D eigenvalue weighted by atomic mass is 10.1. The highest BCUT2D eigenvalue weighted by molar-refractivity contribution is 5.94. The van der Waals surface area contributed by atoms with Crippen molar-refractivity contribution in [1.82, 2.24) is 0 Å². The third-order valence-corrected chi connectivity index (χ3v) is 3.37. The zero-order chi connectivity index (χ0) is 13.8. The molecule has 1 aliphatic heterocycles. The number of hydrogen-bond donors (Lipinski definition) is 1. The Hall–Kier alpha value is -1.62. The van der Waals surface area contributed by atoms with E-state index in [0.717, 1.165) is 31.9 Å². The third-order valence-electron chi connectivity index (χ3n) is 3.37. The second kappa shape index (κ2) is 6.02. The third kappa shape index (κ3) is 3.23. The number of nitrogens with zero attached hydrogens (tertiary/aromatic N) is 1. The standard InChI is InChI=1S/C14H18FNO3/c1-16(9-10-5-2-3-8-19-10)12-7-4-6-11(15)13(12)14(17)18/h4,6-7,10H,2-3,5,8-9H2,1H3,(H,17,18). The SMILES string of the molecule is CN(CC1CCCCO1)c1cccc(F)c1C(=O)O. The zero-order valence-corrected chi connectivity index (χ0v) is 10.9. The molecular weight excluding hydrogens is 249 g/mol. The molecule has 1 heterocycles. The number of rotatable bonds is 4. The van der Waals surface area contributed by atoms with Gasteiger partial charge in [-0.2, -0.15) is 0 Å². The minimum atomic E-state index is -1.25. The summed E-state index contributed by atoms with van der Waals surface area (Å²) in [5, 5.41) is 9.10. The molecule has 5 heteroatoms. The Kier molecular flexibility index (Phi) is 4.37. The van der Waals surface area contributed by atoms with Crippen molar-refractivity contribution in [2.45, 2.75) is 25.4 Å². The maximum Gasteiger partial charge on any atom is 0.340 e. The van der Waals surface area contributed by atoms with Crippen molar-refractivity contribution in [2.24, 2.45) is 0 Å². The Morgan fingerprint density at radius 1 is 1.53 bits per heavy atom. The summed E-state index contributed by atoms with van der Waals surface area (Å²) in [7, 11) is 1.76. The minimum absolute atomic E-state index is 0.0867. The van der Waals surface area contributed by atoms with Crippen molar-refractivity contribution in [1.29, 1.82) is 0 Å². The normalized spacial score (nSPS) is 19.2. The van der Waals surface area contributed by atoms with E-state index in [2.05, 4.69) is 0 Å². The van der Waals surface area contributed by atoms with Crippen LogP contribution in [0, 0.1) is 5.82 Å². The molecule has 0 aliphatic carbocycles. The Bertz CT molecular complexity index is 458. The molecule has 19 heavy (non-hydrogen) atoms. The lowest BCUT2D eigenvalue weighted by molar-refractivity contribution is 0.0215. The molecular formula is C14H18FNO3. The smallest absolute Gasteiger partial charge is 0.340 e. The van der Waals surface area contributed by atoms with E-state index in [0.29, 0.717) is 12.2 Å². The largest absolute Gasteiger partial charge is 0.478 e. The maximum atomic E-state index is 13.6. The molecule has 2 rings (SSSR count). The predicted molar refractivity (Wildman–Crippen MR) is 70.2 cm³/mol. The average Bonchev–Trinajstić information content (AvgIpc) is 2.39. The second-order valence-electron chi connectivity index (χ2n) is 4.81. The summed E-state index contributed by atoms with van der Waals surface area (Å²) in [5.74, 6) is -1.95. The number of ether oxygens (including phenoxy) is 1. The Labute approximate surface area is 111 Å². The number of benzene rings is 1. The van der Waals surface area contributed by atoms with Gasteiger partial charge in [0.15, 0.2) is 0 Å². The van der Waals surface area contributed by atoms with Crippen LogP contribution >= 0.6 is 0 Å². The molecule has 0 radical (unpaired) electrons. The molecule has 1 saturated heterocycles. The summed E-state index contributed by atoms with van der Waals surface area (Å²) in [6, 6.07) is 4.31. The monoisotopic (exact) mass is 267 g/mol. The van der Waals surface area contributed by atoms with Crippen LogP contribution in [0.3, 0.4) is 0 Å². The summed E-state index contributed by atoms with van der Waals surface area (Å²) in [6.07, 6.45) is 3.24. The highest BCUT2D eigenvalue weighted by Crippen LogP contribution is 2.24. The average molecular weight is 267 g/mol. The summed E-state index contributed by atoms with van der Waals surface area (Å²) >= 11 is 0. The number of halogens is 1. The van der Waals surface area contributed by atoms with Crippen molar-refractivity contribution in [3.05, 3.63) is 29.6 Å². The second-order valence-corrected chi connectivity index (χ2v) is 4.81. The van der Waals surface area contributed by atoms with Crippen molar-refractivity contribution < 1.29 is 19.0 Å². The van der Waals surface area contributed by atoms with E-state index in [4.69, 9.17) is 9.84 Å². The van der Waals surface area contributed by atoms with Gasteiger partial charge in [-0.25, -0.2) is 9.18 Å². The molecule has 0 bridgehead atoms. The fourth-order valence-corrected chi connectivity index (χ4v) is 2.40. The molecule has 1 unspecified atom stereocenters. The number of carboxylic acids is 1. The van der Waals surface area contributed by atoms with Gasteiger partial charge in [-0.05, 0) is 31.4 Å². The molecule has 1 aliphatic rings. The van der Waals surface area contributed by atoms with Gasteiger partial charge in [0.25, 0.3) is 0 Å². The van der Waals surface area contributed by atoms with E-state index in [1.54, 1.807) is 18.0 Å². The first-order valence-electron chi connectivity index (χ1n) is 6.44. The number of carbonyl (C=O) groups is 1. The van der Waals surface area contributed by atoms with Gasteiger partial charge in [-0.15, -0.1) is 0 Å². The number of aromatic carboxylic acids is 1. The quantitative estimate of drug-likeness (QED) is 0.910. The van der Waals surface area contributed by atoms with Crippen LogP contribution in [-0.2, 0) is 4.74 Å². The van der Waals surface area contributed by atoms with Crippen molar-refractivity contribution >= 4 is 11.7 Å². The maximum absolute atomic E-state index is 13.6. The van der Waals surface area contributed by atoms with Crippen LogP contribution in [0.2, 0.25) is 0 Å². The first-order chi connectivity index (χ1) is 9.09. The first-order valence-corrected chi connectivity index (χ1v) is 6.44. The van der Waals surface area contributed by atoms with Gasteiger partial charge in [-0.1, -0.05) is 6.07 Å². The van der Waals surface area contributed by atoms with Crippen molar-refractivity contribution in [3.8, 4) is 0 Å². The summed E-state index contributed by atoms with van der Waals surface area (Å²) in [6.45, 7) is 1.32. The molecule has 1 aromatic rings. The molecule has 0 aromatic heterocycles. The van der Waals surface area contributed by atoms with Gasteiger partial charge in [0.05, 0.1) is 11.8 Å². The van der Waals surface area contributed by atoms with Gasteiger partial charge in [-0.3, -0.25) is 0 Å².